The van der Waals surface area contributed by atoms with E-state index in [4.69, 9.17) is 0 Å². The summed E-state index contributed by atoms with van der Waals surface area (Å²) in [5.41, 5.74) is 0. The van der Waals surface area contributed by atoms with Crippen LogP contribution in [0.4, 0.5) is 0 Å². The van der Waals surface area contributed by atoms with Gasteiger partial charge in [0.1, 0.15) is 0 Å². The second-order valence-corrected chi connectivity index (χ2v) is 1.92. The van der Waals surface area contributed by atoms with E-state index in [9.17, 15) is 0 Å². The Labute approximate surface area is 68.1 Å². The van der Waals surface area contributed by atoms with Gasteiger partial charge in [-0.2, -0.15) is 0 Å². The second kappa shape index (κ2) is 3.76. The van der Waals surface area contributed by atoms with E-state index in [1.165, 1.54) is 0 Å². The number of rotatable bonds is 1. The summed E-state index contributed by atoms with van der Waals surface area (Å²) in [4.78, 5) is 3.67. The number of nitrogens with zero attached hydrogens (tertiary/aromatic N) is 3. The quantitative estimate of drug-likeness (QED) is 0.713. The van der Waals surface area contributed by atoms with Gasteiger partial charge in [0.15, 0.2) is 0 Å². The van der Waals surface area contributed by atoms with E-state index < -0.39 is 0 Å². The molecule has 0 saturated heterocycles. The molecule has 0 aliphatic rings. The smallest absolute Gasteiger partial charge is 0.0272 e. The van der Waals surface area contributed by atoms with Gasteiger partial charge in [0.2, 0.25) is 0 Å². The fraction of sp³-hybridized carbons (Fsp3) is 0.600. The minimum Gasteiger partial charge on any atom is -0.420 e. The summed E-state index contributed by atoms with van der Waals surface area (Å²) in [6.45, 7) is 4.09. The largest absolute Gasteiger partial charge is 0.420 e. The summed E-state index contributed by atoms with van der Waals surface area (Å²) in [6, 6.07) is 0.397. The zero-order valence-corrected chi connectivity index (χ0v) is 8.09. The third-order valence-electron chi connectivity index (χ3n) is 0.923. The van der Waals surface area contributed by atoms with Crippen molar-refractivity contribution >= 4 is 0 Å². The average Bonchev–Trinajstić information content (AvgIpc) is 2.12. The van der Waals surface area contributed by atoms with Gasteiger partial charge in [0.05, 0.1) is 0 Å². The maximum Gasteiger partial charge on any atom is 0.0272 e. The normalized spacial score (nSPS) is 9.22. The van der Waals surface area contributed by atoms with Crippen molar-refractivity contribution in [2.45, 2.75) is 19.9 Å². The first-order valence-corrected chi connectivity index (χ1v) is 2.58. The molecule has 0 spiro atoms. The van der Waals surface area contributed by atoms with Gasteiger partial charge >= 0.3 is 0 Å². The molecule has 0 saturated carbocycles. The predicted octanol–water partition coefficient (Wildman–Crippen LogP) is 0.657. The maximum absolute atomic E-state index is 3.80. The standard InChI is InChI=1S/C5H8N3.Re/c1-5(2)8-4-6-3-7-8;/h4-5H,1-2H3;/q-1;. The monoisotopic (exact) mass is 297 g/mol. The minimum atomic E-state index is 0. The van der Waals surface area contributed by atoms with Crippen LogP contribution >= 0.6 is 0 Å². The summed E-state index contributed by atoms with van der Waals surface area (Å²) in [7, 11) is 0. The molecule has 4 heteroatoms. The molecule has 0 bridgehead atoms. The second-order valence-electron chi connectivity index (χ2n) is 1.92. The molecule has 1 radical (unpaired) electrons. The molecule has 0 aliphatic carbocycles. The van der Waals surface area contributed by atoms with Crippen LogP contribution in [-0.4, -0.2) is 14.8 Å². The molecule has 1 rings (SSSR count). The molecule has 0 unspecified atom stereocenters. The van der Waals surface area contributed by atoms with Gasteiger partial charge in [-0.15, -0.1) is 0 Å². The van der Waals surface area contributed by atoms with E-state index in [1.807, 2.05) is 13.8 Å². The molecule has 0 fully saturated rings. The molecule has 0 N–H and O–H groups in total. The van der Waals surface area contributed by atoms with E-state index in [-0.39, 0.29) is 20.4 Å². The zero-order chi connectivity index (χ0) is 5.98. The van der Waals surface area contributed by atoms with Crippen LogP contribution in [0.15, 0.2) is 6.33 Å². The molecule has 9 heavy (non-hydrogen) atoms. The Morgan fingerprint density at radius 3 is 2.44 bits per heavy atom. The van der Waals surface area contributed by atoms with Gasteiger partial charge in [-0.05, 0) is 26.5 Å². The molecule has 0 aliphatic heterocycles. The Hall–Kier alpha value is -0.198. The fourth-order valence-electron chi connectivity index (χ4n) is 0.437. The van der Waals surface area contributed by atoms with Crippen molar-refractivity contribution in [1.82, 2.24) is 14.8 Å². The summed E-state index contributed by atoms with van der Waals surface area (Å²) in [5, 5.41) is 3.80. The first kappa shape index (κ1) is 8.80. The van der Waals surface area contributed by atoms with Crippen molar-refractivity contribution in [3.8, 4) is 0 Å². The number of hydrogen-bond donors (Lipinski definition) is 0. The van der Waals surface area contributed by atoms with Gasteiger partial charge in [-0.25, -0.2) is 0 Å². The Morgan fingerprint density at radius 2 is 2.22 bits per heavy atom. The van der Waals surface area contributed by atoms with E-state index in [0.717, 1.165) is 0 Å². The fourth-order valence-corrected chi connectivity index (χ4v) is 0.437. The van der Waals surface area contributed by atoms with Crippen LogP contribution in [-0.2, 0) is 20.4 Å². The average molecular weight is 296 g/mol. The van der Waals surface area contributed by atoms with Gasteiger partial charge in [0, 0.05) is 26.5 Å². The molecule has 0 amide bonds. The Morgan fingerprint density at radius 1 is 1.56 bits per heavy atom. The van der Waals surface area contributed by atoms with Crippen LogP contribution in [0.1, 0.15) is 19.9 Å². The van der Waals surface area contributed by atoms with Gasteiger partial charge < -0.3 is 9.67 Å². The molecular weight excluding hydrogens is 288 g/mol. The van der Waals surface area contributed by atoms with Crippen molar-refractivity contribution in [3.63, 3.8) is 0 Å². The van der Waals surface area contributed by atoms with E-state index in [0.29, 0.717) is 6.04 Å². The van der Waals surface area contributed by atoms with Crippen molar-refractivity contribution < 1.29 is 20.4 Å². The third-order valence-corrected chi connectivity index (χ3v) is 0.923. The Bertz CT molecular complexity index is 147. The summed E-state index contributed by atoms with van der Waals surface area (Å²) in [6.07, 6.45) is 4.13. The predicted molar refractivity (Wildman–Crippen MR) is 29.2 cm³/mol. The SMILES string of the molecule is CC(C)n1cn[c-]n1.[Re]. The van der Waals surface area contributed by atoms with E-state index >= 15 is 0 Å². The number of hydrogen-bond acceptors (Lipinski definition) is 2. The molecule has 1 aromatic rings. The van der Waals surface area contributed by atoms with Crippen LogP contribution in [0.2, 0.25) is 0 Å². The van der Waals surface area contributed by atoms with Crippen LogP contribution < -0.4 is 0 Å². The molecule has 51 valence electrons. The minimum absolute atomic E-state index is 0. The topological polar surface area (TPSA) is 30.7 Å². The van der Waals surface area contributed by atoms with Crippen LogP contribution in [0.5, 0.6) is 0 Å². The summed E-state index contributed by atoms with van der Waals surface area (Å²) >= 11 is 0. The molecular formula is C5H8N3Re-. The van der Waals surface area contributed by atoms with Crippen molar-refractivity contribution in [1.29, 1.82) is 0 Å². The molecule has 3 nitrogen and oxygen atoms in total. The Balaban J connectivity index is 0.000000640. The first-order chi connectivity index (χ1) is 3.80. The maximum atomic E-state index is 3.80. The van der Waals surface area contributed by atoms with Gasteiger partial charge in [-0.3, -0.25) is 5.10 Å². The van der Waals surface area contributed by atoms with Gasteiger partial charge in [-0.1, -0.05) is 0 Å². The van der Waals surface area contributed by atoms with Crippen LogP contribution in [0, 0.1) is 6.33 Å². The molecule has 0 atom stereocenters. The van der Waals surface area contributed by atoms with E-state index in [1.54, 1.807) is 11.0 Å². The molecule has 0 aromatic carbocycles. The zero-order valence-electron chi connectivity index (χ0n) is 5.37. The van der Waals surface area contributed by atoms with Crippen LogP contribution in [0.25, 0.3) is 0 Å². The molecule has 1 heterocycles. The van der Waals surface area contributed by atoms with Crippen molar-refractivity contribution in [2.75, 3.05) is 0 Å². The summed E-state index contributed by atoms with van der Waals surface area (Å²) in [5.74, 6) is 0. The third kappa shape index (κ3) is 2.25. The Kier molecular flexibility index (Phi) is 3.67. The number of aromatic nitrogens is 3. The van der Waals surface area contributed by atoms with Crippen molar-refractivity contribution in [2.24, 2.45) is 0 Å². The first-order valence-electron chi connectivity index (χ1n) is 2.58. The van der Waals surface area contributed by atoms with Crippen molar-refractivity contribution in [3.05, 3.63) is 12.7 Å². The molecule has 1 aromatic heterocycles. The van der Waals surface area contributed by atoms with Crippen LogP contribution in [0.3, 0.4) is 0 Å². The van der Waals surface area contributed by atoms with Gasteiger partial charge in [0.25, 0.3) is 0 Å². The van der Waals surface area contributed by atoms with E-state index in [2.05, 4.69) is 16.4 Å². The summed E-state index contributed by atoms with van der Waals surface area (Å²) < 4.78 is 1.75.